The van der Waals surface area contributed by atoms with Crippen LogP contribution in [0.5, 0.6) is 0 Å². The van der Waals surface area contributed by atoms with E-state index in [0.717, 1.165) is 6.42 Å². The molecular formula is C18H25NO2S. The average molecular weight is 319 g/mol. The van der Waals surface area contributed by atoms with E-state index >= 15 is 0 Å². The molecule has 0 aliphatic carbocycles. The molecule has 0 N–H and O–H groups in total. The molecule has 0 spiro atoms. The zero-order valence-electron chi connectivity index (χ0n) is 13.8. The van der Waals surface area contributed by atoms with Gasteiger partial charge in [-0.15, -0.1) is 0 Å². The van der Waals surface area contributed by atoms with Gasteiger partial charge in [0.25, 0.3) is 0 Å². The number of thioether (sulfide) groups is 1. The summed E-state index contributed by atoms with van der Waals surface area (Å²) in [4.78, 5) is 25.4. The Morgan fingerprint density at radius 1 is 1.36 bits per heavy atom. The maximum atomic E-state index is 12.2. The monoisotopic (exact) mass is 319 g/mol. The molecule has 0 aromatic heterocycles. The van der Waals surface area contributed by atoms with Gasteiger partial charge in [-0.25, -0.2) is 0 Å². The van der Waals surface area contributed by atoms with Crippen molar-refractivity contribution in [2.24, 2.45) is 0 Å². The Morgan fingerprint density at radius 2 is 2.00 bits per heavy atom. The molecule has 1 saturated heterocycles. The zero-order chi connectivity index (χ0) is 16.3. The van der Waals surface area contributed by atoms with Gasteiger partial charge in [0, 0.05) is 31.2 Å². The molecule has 4 heteroatoms. The number of likely N-dealkylation sites (tertiary alicyclic amines) is 1. The summed E-state index contributed by atoms with van der Waals surface area (Å²) in [6, 6.07) is 10.6. The second-order valence-corrected chi connectivity index (χ2v) is 8.26. The number of nitrogens with zero attached hydrogens (tertiary/aromatic N) is 1. The Bertz CT molecular complexity index is 541. The Kier molecular flexibility index (Phi) is 5.32. The number of carbonyl (C=O) groups is 2. The van der Waals surface area contributed by atoms with Crippen molar-refractivity contribution in [1.29, 1.82) is 0 Å². The van der Waals surface area contributed by atoms with Crippen LogP contribution in [0.25, 0.3) is 0 Å². The highest BCUT2D eigenvalue weighted by Gasteiger charge is 2.36. The smallest absolute Gasteiger partial charge is 0.224 e. The van der Waals surface area contributed by atoms with Gasteiger partial charge in [-0.3, -0.25) is 9.59 Å². The van der Waals surface area contributed by atoms with Gasteiger partial charge in [-0.05, 0) is 24.3 Å². The van der Waals surface area contributed by atoms with E-state index in [1.54, 1.807) is 6.92 Å². The molecule has 2 rings (SSSR count). The molecule has 1 aromatic rings. The summed E-state index contributed by atoms with van der Waals surface area (Å²) in [5, 5.41) is 0.212. The number of hydrogen-bond acceptors (Lipinski definition) is 3. The van der Waals surface area contributed by atoms with Gasteiger partial charge in [-0.1, -0.05) is 55.9 Å². The minimum absolute atomic E-state index is 0.0206. The van der Waals surface area contributed by atoms with E-state index in [2.05, 4.69) is 45.0 Å². The molecule has 1 aromatic carbocycles. The molecule has 0 radical (unpaired) electrons. The Morgan fingerprint density at radius 3 is 2.59 bits per heavy atom. The van der Waals surface area contributed by atoms with Crippen molar-refractivity contribution in [3.63, 3.8) is 0 Å². The minimum Gasteiger partial charge on any atom is -0.339 e. The van der Waals surface area contributed by atoms with Crippen molar-refractivity contribution in [1.82, 2.24) is 4.90 Å². The van der Waals surface area contributed by atoms with Crippen molar-refractivity contribution >= 4 is 22.8 Å². The summed E-state index contributed by atoms with van der Waals surface area (Å²) in [5.41, 5.74) is 1.32. The van der Waals surface area contributed by atoms with E-state index < -0.39 is 0 Å². The first-order chi connectivity index (χ1) is 10.3. The SMILES string of the molecule is CC(=O)SC1CC(=O)N(C(C)CC(C)(C)c2ccccc2)C1. The van der Waals surface area contributed by atoms with Crippen LogP contribution in [0, 0.1) is 0 Å². The molecule has 1 amide bonds. The average Bonchev–Trinajstić information content (AvgIpc) is 2.79. The fraction of sp³-hybridized carbons (Fsp3) is 0.556. The quantitative estimate of drug-likeness (QED) is 0.832. The number of benzene rings is 1. The molecule has 3 nitrogen and oxygen atoms in total. The number of amides is 1. The second kappa shape index (κ2) is 6.86. The van der Waals surface area contributed by atoms with Gasteiger partial charge >= 0.3 is 0 Å². The van der Waals surface area contributed by atoms with Gasteiger partial charge in [0.05, 0.1) is 0 Å². The lowest BCUT2D eigenvalue weighted by molar-refractivity contribution is -0.129. The first-order valence-corrected chi connectivity index (χ1v) is 8.70. The molecule has 0 bridgehead atoms. The van der Waals surface area contributed by atoms with E-state index in [-0.39, 0.29) is 27.7 Å². The first-order valence-electron chi connectivity index (χ1n) is 7.82. The van der Waals surface area contributed by atoms with Crippen molar-refractivity contribution in [2.75, 3.05) is 6.54 Å². The highest BCUT2D eigenvalue weighted by atomic mass is 32.2. The Hall–Kier alpha value is -1.29. The van der Waals surface area contributed by atoms with Gasteiger partial charge in [-0.2, -0.15) is 0 Å². The fourth-order valence-corrected chi connectivity index (χ4v) is 4.22. The van der Waals surface area contributed by atoms with Crippen LogP contribution in [0.15, 0.2) is 30.3 Å². The number of carbonyl (C=O) groups excluding carboxylic acids is 2. The zero-order valence-corrected chi connectivity index (χ0v) is 14.7. The molecule has 120 valence electrons. The van der Waals surface area contributed by atoms with Gasteiger partial charge in [0.2, 0.25) is 5.91 Å². The minimum atomic E-state index is 0.0206. The molecule has 2 atom stereocenters. The van der Waals surface area contributed by atoms with Crippen LogP contribution in [-0.4, -0.2) is 33.8 Å². The Balaban J connectivity index is 2.01. The second-order valence-electron chi connectivity index (χ2n) is 6.78. The highest BCUT2D eigenvalue weighted by Crippen LogP contribution is 2.32. The Labute approximate surface area is 137 Å². The van der Waals surface area contributed by atoms with Crippen LogP contribution in [0.1, 0.15) is 46.1 Å². The van der Waals surface area contributed by atoms with E-state index in [4.69, 9.17) is 0 Å². The third-order valence-corrected chi connectivity index (χ3v) is 5.33. The molecule has 1 aliphatic rings. The van der Waals surface area contributed by atoms with E-state index in [1.807, 2.05) is 11.0 Å². The molecular weight excluding hydrogens is 294 g/mol. The van der Waals surface area contributed by atoms with Crippen LogP contribution < -0.4 is 0 Å². The van der Waals surface area contributed by atoms with Crippen LogP contribution in [0.3, 0.4) is 0 Å². The van der Waals surface area contributed by atoms with E-state index in [1.165, 1.54) is 17.3 Å². The highest BCUT2D eigenvalue weighted by molar-refractivity contribution is 8.14. The maximum Gasteiger partial charge on any atom is 0.224 e. The molecule has 22 heavy (non-hydrogen) atoms. The molecule has 1 fully saturated rings. The summed E-state index contributed by atoms with van der Waals surface area (Å²) in [7, 11) is 0. The van der Waals surface area contributed by atoms with Crippen LogP contribution in [0.2, 0.25) is 0 Å². The fourth-order valence-electron chi connectivity index (χ4n) is 3.29. The summed E-state index contributed by atoms with van der Waals surface area (Å²) in [6.07, 6.45) is 1.40. The summed E-state index contributed by atoms with van der Waals surface area (Å²) in [5.74, 6) is 0.176. The third kappa shape index (κ3) is 4.13. The van der Waals surface area contributed by atoms with Crippen LogP contribution >= 0.6 is 11.8 Å². The lowest BCUT2D eigenvalue weighted by atomic mass is 9.79. The van der Waals surface area contributed by atoms with Gasteiger partial charge in [0.1, 0.15) is 0 Å². The van der Waals surface area contributed by atoms with Crippen molar-refractivity contribution in [2.45, 2.75) is 57.2 Å². The summed E-state index contributed by atoms with van der Waals surface area (Å²) >= 11 is 1.30. The van der Waals surface area contributed by atoms with Gasteiger partial charge < -0.3 is 4.90 Å². The van der Waals surface area contributed by atoms with Crippen molar-refractivity contribution < 1.29 is 9.59 Å². The van der Waals surface area contributed by atoms with E-state index in [9.17, 15) is 9.59 Å². The molecule has 1 aliphatic heterocycles. The van der Waals surface area contributed by atoms with Gasteiger partial charge in [0.15, 0.2) is 5.12 Å². The van der Waals surface area contributed by atoms with Crippen molar-refractivity contribution in [3.8, 4) is 0 Å². The lowest BCUT2D eigenvalue weighted by Crippen LogP contribution is -2.38. The van der Waals surface area contributed by atoms with Crippen LogP contribution in [-0.2, 0) is 15.0 Å². The lowest BCUT2D eigenvalue weighted by Gasteiger charge is -2.33. The largest absolute Gasteiger partial charge is 0.339 e. The normalized spacial score (nSPS) is 20.3. The van der Waals surface area contributed by atoms with E-state index in [0.29, 0.717) is 13.0 Å². The van der Waals surface area contributed by atoms with Crippen LogP contribution in [0.4, 0.5) is 0 Å². The maximum absolute atomic E-state index is 12.2. The molecule has 2 unspecified atom stereocenters. The number of rotatable bonds is 5. The predicted molar refractivity (Wildman–Crippen MR) is 91.9 cm³/mol. The topological polar surface area (TPSA) is 37.4 Å². The summed E-state index contributed by atoms with van der Waals surface area (Å²) in [6.45, 7) is 8.82. The predicted octanol–water partition coefficient (Wildman–Crippen LogP) is 3.62. The summed E-state index contributed by atoms with van der Waals surface area (Å²) < 4.78 is 0. The third-order valence-electron chi connectivity index (χ3n) is 4.35. The molecule has 0 saturated carbocycles. The van der Waals surface area contributed by atoms with Crippen molar-refractivity contribution in [3.05, 3.63) is 35.9 Å². The number of hydrogen-bond donors (Lipinski definition) is 0. The molecule has 1 heterocycles. The first kappa shape index (κ1) is 17.1. The standard InChI is InChI=1S/C18H25NO2S/c1-13(11-18(3,4)15-8-6-5-7-9-15)19-12-16(10-17(19)21)22-14(2)20/h5-9,13,16H,10-12H2,1-4H3.